The van der Waals surface area contributed by atoms with Crippen LogP contribution in [0.3, 0.4) is 0 Å². The number of piperidine rings is 1. The third-order valence-electron chi connectivity index (χ3n) is 5.46. The van der Waals surface area contributed by atoms with Gasteiger partial charge in [0.1, 0.15) is 23.9 Å². The van der Waals surface area contributed by atoms with Crippen LogP contribution in [-0.2, 0) is 35.1 Å². The van der Waals surface area contributed by atoms with Crippen LogP contribution in [0.5, 0.6) is 0 Å². The van der Waals surface area contributed by atoms with Crippen LogP contribution in [0.15, 0.2) is 30.3 Å². The first kappa shape index (κ1) is 24.7. The normalized spacial score (nSPS) is 26.2. The fourth-order valence-corrected chi connectivity index (χ4v) is 4.18. The van der Waals surface area contributed by atoms with E-state index in [0.717, 1.165) is 5.56 Å². The van der Waals surface area contributed by atoms with Crippen molar-refractivity contribution < 1.29 is 28.5 Å². The molecule has 1 aromatic carbocycles. The second-order valence-corrected chi connectivity index (χ2v) is 10.5. The lowest BCUT2D eigenvalue weighted by Gasteiger charge is -2.42. The van der Waals surface area contributed by atoms with Gasteiger partial charge in [0.05, 0.1) is 13.2 Å². The van der Waals surface area contributed by atoms with E-state index in [-0.39, 0.29) is 18.4 Å². The minimum absolute atomic E-state index is 0.193. The highest BCUT2D eigenvalue weighted by atomic mass is 16.8. The van der Waals surface area contributed by atoms with E-state index in [1.165, 1.54) is 0 Å². The Hall–Kier alpha value is -1.96. The maximum Gasteiger partial charge on any atom is 0.329 e. The fraction of sp³-hybridized carbons (Fsp3) is 0.680. The van der Waals surface area contributed by atoms with Gasteiger partial charge in [0, 0.05) is 0 Å². The molecule has 0 aliphatic carbocycles. The van der Waals surface area contributed by atoms with Gasteiger partial charge in [0.15, 0.2) is 11.9 Å². The Kier molecular flexibility index (Phi) is 7.32. The average Bonchev–Trinajstić information content (AvgIpc) is 3.01. The molecule has 2 aliphatic rings. The molecule has 2 aliphatic heterocycles. The molecule has 1 aromatic rings. The first-order chi connectivity index (χ1) is 14.9. The topological polar surface area (TPSA) is 74.3 Å². The molecule has 0 radical (unpaired) electrons. The van der Waals surface area contributed by atoms with Gasteiger partial charge in [-0.25, -0.2) is 4.79 Å². The maximum absolute atomic E-state index is 13.5. The Labute approximate surface area is 191 Å². The molecule has 0 bridgehead atoms. The van der Waals surface area contributed by atoms with Crippen LogP contribution in [0.4, 0.5) is 0 Å². The third-order valence-corrected chi connectivity index (χ3v) is 5.46. The van der Waals surface area contributed by atoms with E-state index in [2.05, 4.69) is 0 Å². The quantitative estimate of drug-likeness (QED) is 0.594. The molecule has 0 N–H and O–H groups in total. The molecule has 2 heterocycles. The summed E-state index contributed by atoms with van der Waals surface area (Å²) in [4.78, 5) is 28.2. The van der Waals surface area contributed by atoms with Crippen LogP contribution in [0, 0.1) is 5.92 Å². The maximum atomic E-state index is 13.5. The number of carbonyl (C=O) groups is 2. The number of amides is 1. The number of carbonyl (C=O) groups excluding carboxylic acids is 2. The molecule has 0 saturated carbocycles. The van der Waals surface area contributed by atoms with E-state index in [1.807, 2.05) is 65.0 Å². The van der Waals surface area contributed by atoms with Gasteiger partial charge < -0.3 is 23.8 Å². The number of rotatable bonds is 7. The molecule has 32 heavy (non-hydrogen) atoms. The lowest BCUT2D eigenvalue weighted by Crippen LogP contribution is -2.62. The zero-order valence-corrected chi connectivity index (χ0v) is 20.3. The molecular weight excluding hydrogens is 410 g/mol. The molecule has 7 nitrogen and oxygen atoms in total. The van der Waals surface area contributed by atoms with Gasteiger partial charge in [-0.15, -0.1) is 0 Å². The van der Waals surface area contributed by atoms with Gasteiger partial charge in [-0.2, -0.15) is 0 Å². The molecule has 2 saturated heterocycles. The molecule has 1 amide bonds. The summed E-state index contributed by atoms with van der Waals surface area (Å²) >= 11 is 0. The molecule has 4 atom stereocenters. The highest BCUT2D eigenvalue weighted by Crippen LogP contribution is 2.36. The van der Waals surface area contributed by atoms with E-state index < -0.39 is 41.7 Å². The lowest BCUT2D eigenvalue weighted by atomic mass is 9.95. The first-order valence-corrected chi connectivity index (χ1v) is 11.4. The van der Waals surface area contributed by atoms with E-state index in [1.54, 1.807) is 18.7 Å². The summed E-state index contributed by atoms with van der Waals surface area (Å²) in [6.45, 7) is 13.7. The first-order valence-electron chi connectivity index (χ1n) is 11.4. The predicted octanol–water partition coefficient (Wildman–Crippen LogP) is 3.69. The van der Waals surface area contributed by atoms with Crippen LogP contribution in [0.1, 0.15) is 60.5 Å². The molecule has 7 heteroatoms. The summed E-state index contributed by atoms with van der Waals surface area (Å²) < 4.78 is 23.9. The van der Waals surface area contributed by atoms with Crippen LogP contribution >= 0.6 is 0 Å². The van der Waals surface area contributed by atoms with Crippen molar-refractivity contribution in [2.24, 2.45) is 5.92 Å². The highest BCUT2D eigenvalue weighted by Gasteiger charge is 2.56. The van der Waals surface area contributed by atoms with Gasteiger partial charge in [0.25, 0.3) is 5.91 Å². The summed E-state index contributed by atoms with van der Waals surface area (Å²) in [7, 11) is 0. The number of likely N-dealkylation sites (tertiary alicyclic amines) is 1. The van der Waals surface area contributed by atoms with Crippen LogP contribution in [0.25, 0.3) is 0 Å². The van der Waals surface area contributed by atoms with Gasteiger partial charge >= 0.3 is 5.97 Å². The second kappa shape index (κ2) is 9.49. The molecule has 0 aromatic heterocycles. The van der Waals surface area contributed by atoms with E-state index in [4.69, 9.17) is 18.9 Å². The molecular formula is C25H37NO6. The Morgan fingerprint density at radius 2 is 1.84 bits per heavy atom. The highest BCUT2D eigenvalue weighted by molar-refractivity contribution is 5.88. The van der Waals surface area contributed by atoms with Crippen molar-refractivity contribution in [3.8, 4) is 0 Å². The second-order valence-electron chi connectivity index (χ2n) is 10.5. The lowest BCUT2D eigenvalue weighted by molar-refractivity contribution is -0.176. The largest absolute Gasteiger partial charge is 0.458 e. The van der Waals surface area contributed by atoms with Crippen molar-refractivity contribution in [3.05, 3.63) is 35.9 Å². The Morgan fingerprint density at radius 1 is 1.19 bits per heavy atom. The zero-order chi connectivity index (χ0) is 23.7. The number of benzene rings is 1. The van der Waals surface area contributed by atoms with E-state index >= 15 is 0 Å². The standard InChI is InChI=1S/C25H37NO6/c1-16(2)13-18(23(28)32-24(3,4)5)26-14-19(29-15-17-11-9-8-10-12-17)20-21(22(26)27)31-25(6,7)30-20/h8-12,16,18-21H,13-15H2,1-7H3/t18-,19+,20+,21+/m0/s1. The summed E-state index contributed by atoms with van der Waals surface area (Å²) in [6.07, 6.45) is -1.29. The Balaban J connectivity index is 1.86. The monoisotopic (exact) mass is 447 g/mol. The average molecular weight is 448 g/mol. The minimum Gasteiger partial charge on any atom is -0.458 e. The summed E-state index contributed by atoms with van der Waals surface area (Å²) in [5.41, 5.74) is 0.378. The molecule has 178 valence electrons. The van der Waals surface area contributed by atoms with Gasteiger partial charge in [0.2, 0.25) is 0 Å². The van der Waals surface area contributed by atoms with Gasteiger partial charge in [-0.05, 0) is 52.5 Å². The van der Waals surface area contributed by atoms with Gasteiger partial charge in [-0.1, -0.05) is 44.2 Å². The van der Waals surface area contributed by atoms with Crippen molar-refractivity contribution in [2.45, 2.75) is 97.2 Å². The SMILES string of the molecule is CC(C)C[C@@H](C(=O)OC(C)(C)C)N1C[C@@H](OCc2ccccc2)[C@H]2OC(C)(C)O[C@H]2C1=O. The summed E-state index contributed by atoms with van der Waals surface area (Å²) in [5, 5.41) is 0. The van der Waals surface area contributed by atoms with Gasteiger partial charge in [-0.3, -0.25) is 4.79 Å². The van der Waals surface area contributed by atoms with Crippen LogP contribution in [-0.4, -0.2) is 59.1 Å². The van der Waals surface area contributed by atoms with Crippen LogP contribution in [0.2, 0.25) is 0 Å². The Morgan fingerprint density at radius 3 is 2.44 bits per heavy atom. The van der Waals surface area contributed by atoms with Crippen molar-refractivity contribution in [2.75, 3.05) is 6.54 Å². The molecule has 0 unspecified atom stereocenters. The number of fused-ring (bicyclic) bond motifs is 1. The van der Waals surface area contributed by atoms with E-state index in [9.17, 15) is 9.59 Å². The van der Waals surface area contributed by atoms with Crippen molar-refractivity contribution >= 4 is 11.9 Å². The number of esters is 1. The zero-order valence-electron chi connectivity index (χ0n) is 20.3. The van der Waals surface area contributed by atoms with Crippen LogP contribution < -0.4 is 0 Å². The number of ether oxygens (including phenoxy) is 4. The summed E-state index contributed by atoms with van der Waals surface area (Å²) in [6, 6.07) is 9.13. The number of nitrogens with zero attached hydrogens (tertiary/aromatic N) is 1. The number of hydrogen-bond acceptors (Lipinski definition) is 6. The van der Waals surface area contributed by atoms with Crippen molar-refractivity contribution in [1.29, 1.82) is 0 Å². The minimum atomic E-state index is -0.908. The third kappa shape index (κ3) is 6.09. The number of hydrogen-bond donors (Lipinski definition) is 0. The predicted molar refractivity (Wildman–Crippen MR) is 120 cm³/mol. The van der Waals surface area contributed by atoms with E-state index in [0.29, 0.717) is 13.0 Å². The fourth-order valence-electron chi connectivity index (χ4n) is 4.18. The Bertz CT molecular complexity index is 800. The molecule has 0 spiro atoms. The summed E-state index contributed by atoms with van der Waals surface area (Å²) in [5.74, 6) is -1.37. The van der Waals surface area contributed by atoms with Crippen molar-refractivity contribution in [3.63, 3.8) is 0 Å². The molecule has 3 rings (SSSR count). The molecule has 2 fully saturated rings. The van der Waals surface area contributed by atoms with Crippen molar-refractivity contribution in [1.82, 2.24) is 4.90 Å². The smallest absolute Gasteiger partial charge is 0.329 e.